The van der Waals surface area contributed by atoms with Gasteiger partial charge in [-0.3, -0.25) is 0 Å². The summed E-state index contributed by atoms with van der Waals surface area (Å²) < 4.78 is 0. The Balaban J connectivity index is 0.000000360. The van der Waals surface area contributed by atoms with Gasteiger partial charge in [-0.1, -0.05) is 0 Å². The van der Waals surface area contributed by atoms with Crippen LogP contribution in [0.4, 0.5) is 0 Å². The monoisotopic (exact) mass is 91.1 g/mol. The molecule has 0 atom stereocenters. The maximum absolute atomic E-state index is 3.50. The number of nitrogens with zero attached hydrogens (tertiary/aromatic N) is 3. The van der Waals surface area contributed by atoms with E-state index in [1.54, 1.807) is 6.92 Å². The van der Waals surface area contributed by atoms with Crippen molar-refractivity contribution in [3.63, 3.8) is 0 Å². The van der Waals surface area contributed by atoms with Gasteiger partial charge in [0.05, 0.1) is 0 Å². The van der Waals surface area contributed by atoms with Gasteiger partial charge in [0.2, 0.25) is 0 Å². The third-order valence-corrected chi connectivity index (χ3v) is 0.451. The number of aromatic nitrogens is 4. The SMILES string of the molecule is Cc1nnn[nH]1.[Li]. The van der Waals surface area contributed by atoms with E-state index in [0.717, 1.165) is 5.82 Å². The van der Waals surface area contributed by atoms with Crippen molar-refractivity contribution >= 4 is 18.9 Å². The number of aromatic amines is 1. The Morgan fingerprint density at radius 2 is 2.29 bits per heavy atom. The minimum absolute atomic E-state index is 0. The molecule has 0 spiro atoms. The molecule has 4 nitrogen and oxygen atoms in total. The summed E-state index contributed by atoms with van der Waals surface area (Å²) in [5.41, 5.74) is 0. The van der Waals surface area contributed by atoms with Crippen molar-refractivity contribution in [1.29, 1.82) is 0 Å². The number of tetrazole rings is 1. The Morgan fingerprint density at radius 1 is 1.57 bits per heavy atom. The van der Waals surface area contributed by atoms with Crippen LogP contribution < -0.4 is 0 Å². The van der Waals surface area contributed by atoms with Crippen LogP contribution in [0.1, 0.15) is 5.82 Å². The zero-order chi connectivity index (χ0) is 4.41. The van der Waals surface area contributed by atoms with Crippen LogP contribution in [0.3, 0.4) is 0 Å². The van der Waals surface area contributed by atoms with Crippen LogP contribution in [0.15, 0.2) is 0 Å². The summed E-state index contributed by atoms with van der Waals surface area (Å²) in [6, 6.07) is 0. The molecule has 1 aromatic heterocycles. The molecule has 0 aromatic carbocycles. The van der Waals surface area contributed by atoms with E-state index in [0.29, 0.717) is 0 Å². The first-order valence-corrected chi connectivity index (χ1v) is 1.60. The zero-order valence-electron chi connectivity index (χ0n) is 4.34. The summed E-state index contributed by atoms with van der Waals surface area (Å²) in [4.78, 5) is 0. The second kappa shape index (κ2) is 2.78. The van der Waals surface area contributed by atoms with Gasteiger partial charge in [0.25, 0.3) is 0 Å². The molecule has 0 aliphatic heterocycles. The second-order valence-electron chi connectivity index (χ2n) is 0.987. The van der Waals surface area contributed by atoms with E-state index in [1.165, 1.54) is 0 Å². The van der Waals surface area contributed by atoms with Crippen molar-refractivity contribution in [2.75, 3.05) is 0 Å². The van der Waals surface area contributed by atoms with E-state index in [-0.39, 0.29) is 18.9 Å². The third-order valence-electron chi connectivity index (χ3n) is 0.451. The van der Waals surface area contributed by atoms with Gasteiger partial charge in [-0.05, 0) is 17.4 Å². The van der Waals surface area contributed by atoms with Gasteiger partial charge in [0.15, 0.2) is 0 Å². The predicted octanol–water partition coefficient (Wildman–Crippen LogP) is -0.873. The van der Waals surface area contributed by atoms with E-state index in [2.05, 4.69) is 20.6 Å². The van der Waals surface area contributed by atoms with Gasteiger partial charge in [0.1, 0.15) is 5.82 Å². The molecule has 0 amide bonds. The van der Waals surface area contributed by atoms with Gasteiger partial charge in [-0.25, -0.2) is 5.10 Å². The molecule has 1 N–H and O–H groups in total. The molecule has 5 heteroatoms. The molecule has 1 rings (SSSR count). The van der Waals surface area contributed by atoms with Crippen LogP contribution in [0.25, 0.3) is 0 Å². The largest absolute Gasteiger partial charge is 0.243 e. The van der Waals surface area contributed by atoms with Gasteiger partial charge >= 0.3 is 0 Å². The number of hydrogen-bond acceptors (Lipinski definition) is 3. The van der Waals surface area contributed by atoms with Gasteiger partial charge in [-0.2, -0.15) is 0 Å². The molecule has 0 bridgehead atoms. The van der Waals surface area contributed by atoms with Crippen LogP contribution in [-0.4, -0.2) is 39.5 Å². The van der Waals surface area contributed by atoms with E-state index in [9.17, 15) is 0 Å². The van der Waals surface area contributed by atoms with Crippen molar-refractivity contribution in [3.05, 3.63) is 5.82 Å². The Kier molecular flexibility index (Phi) is 2.65. The van der Waals surface area contributed by atoms with Crippen LogP contribution in [0.2, 0.25) is 0 Å². The molecule has 0 saturated heterocycles. The molecule has 0 fully saturated rings. The van der Waals surface area contributed by atoms with E-state index in [1.807, 2.05) is 0 Å². The molecule has 1 radical (unpaired) electrons. The average Bonchev–Trinajstić information content (AvgIpc) is 1.86. The quantitative estimate of drug-likeness (QED) is 0.422. The Morgan fingerprint density at radius 3 is 2.43 bits per heavy atom. The topological polar surface area (TPSA) is 54.5 Å². The van der Waals surface area contributed by atoms with Crippen LogP contribution >= 0.6 is 0 Å². The maximum atomic E-state index is 3.50. The number of nitrogens with one attached hydrogen (secondary N) is 1. The standard InChI is InChI=1S/C2H4N4.Li/c1-2-3-5-6-4-2;/h1H3,(H,3,4,5,6);. The average molecular weight is 91.0 g/mol. The molecule has 7 heavy (non-hydrogen) atoms. The first-order valence-electron chi connectivity index (χ1n) is 1.60. The second-order valence-corrected chi connectivity index (χ2v) is 0.987. The molecule has 0 aliphatic carbocycles. The maximum Gasteiger partial charge on any atom is 0.145 e. The van der Waals surface area contributed by atoms with Crippen molar-refractivity contribution in [2.24, 2.45) is 0 Å². The summed E-state index contributed by atoms with van der Waals surface area (Å²) in [5, 5.41) is 12.6. The summed E-state index contributed by atoms with van der Waals surface area (Å²) in [7, 11) is 0. The summed E-state index contributed by atoms with van der Waals surface area (Å²) in [5.74, 6) is 0.745. The fourth-order valence-electron chi connectivity index (χ4n) is 0.207. The van der Waals surface area contributed by atoms with Crippen molar-refractivity contribution in [1.82, 2.24) is 20.6 Å². The minimum atomic E-state index is 0. The number of rotatable bonds is 0. The van der Waals surface area contributed by atoms with Crippen LogP contribution in [-0.2, 0) is 0 Å². The summed E-state index contributed by atoms with van der Waals surface area (Å²) in [6.45, 7) is 1.79. The first kappa shape index (κ1) is 6.67. The molecule has 1 heterocycles. The number of aryl methyl sites for hydroxylation is 1. The molecular formula is C2H4LiN4. The van der Waals surface area contributed by atoms with Crippen LogP contribution in [0.5, 0.6) is 0 Å². The molecular weight excluding hydrogens is 87.0 g/mol. The third kappa shape index (κ3) is 1.71. The summed E-state index contributed by atoms with van der Waals surface area (Å²) in [6.07, 6.45) is 0. The molecule has 0 unspecified atom stereocenters. The van der Waals surface area contributed by atoms with Crippen LogP contribution in [0, 0.1) is 6.92 Å². The Hall–Kier alpha value is -0.333. The fourth-order valence-corrected chi connectivity index (χ4v) is 0.207. The van der Waals surface area contributed by atoms with E-state index in [4.69, 9.17) is 0 Å². The van der Waals surface area contributed by atoms with Crippen molar-refractivity contribution in [3.8, 4) is 0 Å². The van der Waals surface area contributed by atoms with Crippen molar-refractivity contribution in [2.45, 2.75) is 6.92 Å². The first-order chi connectivity index (χ1) is 2.89. The predicted molar refractivity (Wildman–Crippen MR) is 24.7 cm³/mol. The van der Waals surface area contributed by atoms with E-state index < -0.39 is 0 Å². The molecule has 1 aromatic rings. The summed E-state index contributed by atoms with van der Waals surface area (Å²) >= 11 is 0. The molecule has 0 aliphatic rings. The number of hydrogen-bond donors (Lipinski definition) is 1. The van der Waals surface area contributed by atoms with Crippen molar-refractivity contribution < 1.29 is 0 Å². The van der Waals surface area contributed by atoms with Gasteiger partial charge in [-0.15, -0.1) is 5.10 Å². The zero-order valence-corrected chi connectivity index (χ0v) is 4.34. The number of H-pyrrole nitrogens is 1. The molecule has 33 valence electrons. The van der Waals surface area contributed by atoms with E-state index >= 15 is 0 Å². The Labute approximate surface area is 52.9 Å². The fraction of sp³-hybridized carbons (Fsp3) is 0.500. The van der Waals surface area contributed by atoms with Gasteiger partial charge in [0, 0.05) is 18.9 Å². The Bertz CT molecular complexity index is 113. The smallest absolute Gasteiger partial charge is 0.145 e. The normalized spacial score (nSPS) is 7.57. The van der Waals surface area contributed by atoms with Gasteiger partial charge < -0.3 is 0 Å². The minimum Gasteiger partial charge on any atom is -0.243 e. The molecule has 0 saturated carbocycles.